The summed E-state index contributed by atoms with van der Waals surface area (Å²) in [5.74, 6) is 3.09. The van der Waals surface area contributed by atoms with Crippen molar-refractivity contribution in [3.63, 3.8) is 0 Å². The second-order valence-electron chi connectivity index (χ2n) is 24.2. The quantitative estimate of drug-likeness (QED) is 0.0271. The molecule has 0 aromatic heterocycles. The number of anilines is 2. The number of fused-ring (bicyclic) bond motifs is 1. The van der Waals surface area contributed by atoms with E-state index in [4.69, 9.17) is 11.6 Å². The zero-order valence-electron chi connectivity index (χ0n) is 50.1. The molecule has 0 bridgehead atoms. The number of sulfonamides is 1. The second-order valence-corrected chi connectivity index (χ2v) is 29.3. The topological polar surface area (TPSA) is 206 Å². The van der Waals surface area contributed by atoms with Crippen LogP contribution in [0.1, 0.15) is 114 Å². The van der Waals surface area contributed by atoms with Crippen LogP contribution in [0.25, 0.3) is 5.57 Å². The van der Waals surface area contributed by atoms with E-state index in [9.17, 15) is 54.0 Å². The summed E-state index contributed by atoms with van der Waals surface area (Å²) in [6.07, 6.45) is 5.69. The number of nitrogens with one attached hydrogen (secondary N) is 3. The summed E-state index contributed by atoms with van der Waals surface area (Å²) in [4.78, 5) is 73.3. The van der Waals surface area contributed by atoms with Crippen LogP contribution in [-0.2, 0) is 29.4 Å². The summed E-state index contributed by atoms with van der Waals surface area (Å²) in [6.45, 7) is 12.7. The number of thioether (sulfide) groups is 1. The van der Waals surface area contributed by atoms with Crippen molar-refractivity contribution in [1.82, 2.24) is 29.6 Å². The van der Waals surface area contributed by atoms with Crippen molar-refractivity contribution in [2.75, 3.05) is 88.0 Å². The Morgan fingerprint density at radius 2 is 1.48 bits per heavy atom. The monoisotopic (exact) mass is 1310 g/mol. The number of hydrogen-bond donors (Lipinski definition) is 3. The number of amides is 5. The maximum atomic E-state index is 14.5. The number of carbonyl (C=O) groups is 5. The molecule has 4 aliphatic heterocycles. The molecule has 4 heterocycles. The maximum absolute atomic E-state index is 14.5. The number of allylic oxidation sites excluding steroid dienone is 1. The first-order chi connectivity index (χ1) is 42.9. The zero-order valence-corrected chi connectivity index (χ0v) is 53.3. The van der Waals surface area contributed by atoms with Gasteiger partial charge in [-0.05, 0) is 147 Å². The smallest absolute Gasteiger partial charge is 0.380 e. The predicted molar refractivity (Wildman–Crippen MR) is 341 cm³/mol. The van der Waals surface area contributed by atoms with Gasteiger partial charge in [-0.1, -0.05) is 79.3 Å². The first kappa shape index (κ1) is 65.9. The number of benzene rings is 5. The Hall–Kier alpha value is -7.04. The van der Waals surface area contributed by atoms with Gasteiger partial charge in [0.25, 0.3) is 37.6 Å². The Morgan fingerprint density at radius 1 is 0.789 bits per heavy atom. The Morgan fingerprint density at radius 3 is 2.17 bits per heavy atom. The molecule has 90 heavy (non-hydrogen) atoms. The molecular weight excluding hydrogens is 1240 g/mol. The highest BCUT2D eigenvalue weighted by atomic mass is 35.5. The Labute approximate surface area is 533 Å². The average molecular weight is 1310 g/mol. The Kier molecular flexibility index (Phi) is 20.7. The highest BCUT2D eigenvalue weighted by Gasteiger charge is 2.49. The number of unbranched alkanes of at least 4 members (excludes halogenated alkanes) is 2. The summed E-state index contributed by atoms with van der Waals surface area (Å²) in [7, 11) is -11.1. The number of piperazine rings is 2. The van der Waals surface area contributed by atoms with Crippen LogP contribution in [-0.4, -0.2) is 161 Å². The lowest BCUT2D eigenvalue weighted by atomic mass is 9.73. The molecule has 0 radical (unpaired) electrons. The lowest BCUT2D eigenvalue weighted by Gasteiger charge is -2.39. The van der Waals surface area contributed by atoms with Gasteiger partial charge in [0.05, 0.1) is 21.7 Å². The maximum Gasteiger partial charge on any atom is 0.501 e. The molecule has 2 atom stereocenters. The van der Waals surface area contributed by atoms with Gasteiger partial charge in [-0.2, -0.15) is 13.2 Å². The van der Waals surface area contributed by atoms with E-state index in [2.05, 4.69) is 68.1 Å². The van der Waals surface area contributed by atoms with Crippen LogP contribution in [0, 0.1) is 17.3 Å². The standard InChI is InChI=1S/C66H72ClF3N8O9S3/c1-65(2)30-28-54(45-16-20-49(67)21-17-45)48(42-65)43-76-37-39-77(40-38-76)51-22-18-47(19-23-51)61(80)73-90(86,87)53-24-25-56(58(41-53)89(84,85)66(68,69)70)71-50(44-88-52-13-7-5-8-14-52)29-32-75-35-33-74(34-36-75)31-9-4-3-6-11-46-12-10-15-55-60(46)64(83)78(63(55)82)57-26-27-59(79)72-62(57)81/h5,7-8,10,12-25,41,50,57,71H,3-4,9,26-40,42-44H2,1-2H3,(H,73,80)(H,72,79,81)/t50-,57?/m1/s1. The highest BCUT2D eigenvalue weighted by molar-refractivity contribution is 7.99. The van der Waals surface area contributed by atoms with Crippen LogP contribution in [0.15, 0.2) is 136 Å². The van der Waals surface area contributed by atoms with E-state index in [-0.39, 0.29) is 34.9 Å². The molecule has 24 heteroatoms. The van der Waals surface area contributed by atoms with E-state index in [1.165, 1.54) is 46.7 Å². The third-order valence-corrected chi connectivity index (χ3v) is 21.5. The van der Waals surface area contributed by atoms with Crippen molar-refractivity contribution < 1.29 is 54.0 Å². The van der Waals surface area contributed by atoms with E-state index in [1.54, 1.807) is 24.3 Å². The minimum absolute atomic E-state index is 0.0187. The Bertz CT molecular complexity index is 3850. The molecule has 5 amide bonds. The molecule has 3 saturated heterocycles. The number of halogens is 4. The predicted octanol–water partition coefficient (Wildman–Crippen LogP) is 9.74. The SMILES string of the molecule is CC1(C)CCC(c2ccc(Cl)cc2)=C(CN2CCN(c3ccc(C(=O)NS(=O)(=O)c4ccc(N[C@H](CCN5CCN(CCCCC#Cc6cccc7c6C(=O)N(C6CCC(=O)NC6=O)C7=O)CC5)CSc5ccccc5)c(S(=O)(=O)C(F)(F)F)c4)cc3)CC2)C1. The average Bonchev–Trinajstić information content (AvgIpc) is 1.53. The third kappa shape index (κ3) is 15.8. The van der Waals surface area contributed by atoms with Gasteiger partial charge in [0, 0.05) is 117 Å². The number of carbonyl (C=O) groups excluding carboxylic acids is 5. The van der Waals surface area contributed by atoms with Crippen molar-refractivity contribution in [2.45, 2.75) is 104 Å². The number of imide groups is 2. The van der Waals surface area contributed by atoms with Gasteiger partial charge >= 0.3 is 5.51 Å². The fourth-order valence-electron chi connectivity index (χ4n) is 12.2. The summed E-state index contributed by atoms with van der Waals surface area (Å²) < 4.78 is 99.8. The minimum Gasteiger partial charge on any atom is -0.380 e. The fraction of sp³-hybridized carbons (Fsp3) is 0.409. The molecule has 5 aromatic rings. The van der Waals surface area contributed by atoms with Crippen LogP contribution in [0.4, 0.5) is 24.5 Å². The fourth-order valence-corrected chi connectivity index (χ4v) is 15.4. The van der Waals surface area contributed by atoms with Crippen molar-refractivity contribution in [1.29, 1.82) is 0 Å². The van der Waals surface area contributed by atoms with E-state index in [0.717, 1.165) is 99.0 Å². The van der Waals surface area contributed by atoms with Gasteiger partial charge in [-0.3, -0.25) is 39.1 Å². The normalized spacial score (nSPS) is 19.1. The summed E-state index contributed by atoms with van der Waals surface area (Å²) in [5, 5.41) is 5.95. The van der Waals surface area contributed by atoms with Crippen molar-refractivity contribution in [2.24, 2.45) is 5.41 Å². The minimum atomic E-state index is -6.14. The van der Waals surface area contributed by atoms with Gasteiger partial charge in [0.2, 0.25) is 11.8 Å². The van der Waals surface area contributed by atoms with Crippen molar-refractivity contribution in [3.8, 4) is 11.8 Å². The molecule has 10 rings (SSSR count). The van der Waals surface area contributed by atoms with Crippen LogP contribution in [0.2, 0.25) is 5.02 Å². The molecule has 3 N–H and O–H groups in total. The molecule has 5 aromatic carbocycles. The molecular formula is C66H72ClF3N8O9S3. The number of nitrogens with zero attached hydrogens (tertiary/aromatic N) is 5. The van der Waals surface area contributed by atoms with E-state index >= 15 is 0 Å². The first-order valence-corrected chi connectivity index (χ1v) is 34.6. The molecule has 17 nitrogen and oxygen atoms in total. The summed E-state index contributed by atoms with van der Waals surface area (Å²) >= 11 is 7.64. The van der Waals surface area contributed by atoms with Crippen LogP contribution in [0.3, 0.4) is 0 Å². The molecule has 3 fully saturated rings. The van der Waals surface area contributed by atoms with Crippen LogP contribution < -0.4 is 20.3 Å². The molecule has 476 valence electrons. The van der Waals surface area contributed by atoms with E-state index < -0.39 is 82.5 Å². The van der Waals surface area contributed by atoms with E-state index in [0.29, 0.717) is 68.0 Å². The Balaban J connectivity index is 0.729. The van der Waals surface area contributed by atoms with Gasteiger partial charge < -0.3 is 20.0 Å². The van der Waals surface area contributed by atoms with Gasteiger partial charge in [-0.15, -0.1) is 11.8 Å². The van der Waals surface area contributed by atoms with Crippen LogP contribution >= 0.6 is 23.4 Å². The summed E-state index contributed by atoms with van der Waals surface area (Å²) in [5.41, 5.74) is -0.514. The molecule has 1 unspecified atom stereocenters. The molecule has 0 saturated carbocycles. The number of piperidine rings is 1. The van der Waals surface area contributed by atoms with E-state index in [1.807, 2.05) is 47.2 Å². The first-order valence-electron chi connectivity index (χ1n) is 30.2. The molecule has 0 spiro atoms. The van der Waals surface area contributed by atoms with Gasteiger partial charge in [0.15, 0.2) is 0 Å². The van der Waals surface area contributed by atoms with Crippen molar-refractivity contribution in [3.05, 3.63) is 154 Å². The number of hydrogen-bond acceptors (Lipinski definition) is 15. The largest absolute Gasteiger partial charge is 0.501 e. The van der Waals surface area contributed by atoms with Gasteiger partial charge in [-0.25, -0.2) is 21.6 Å². The number of rotatable bonds is 21. The van der Waals surface area contributed by atoms with Gasteiger partial charge in [0.1, 0.15) is 10.9 Å². The lowest BCUT2D eigenvalue weighted by molar-refractivity contribution is -0.136. The lowest BCUT2D eigenvalue weighted by Crippen LogP contribution is -2.54. The summed E-state index contributed by atoms with van der Waals surface area (Å²) in [6, 6.07) is 29.3. The third-order valence-electron chi connectivity index (χ3n) is 17.3. The highest BCUT2D eigenvalue weighted by Crippen LogP contribution is 2.43. The van der Waals surface area contributed by atoms with Crippen molar-refractivity contribution >= 4 is 89.7 Å². The zero-order chi connectivity index (χ0) is 64.0. The molecule has 1 aliphatic carbocycles. The number of sulfone groups is 1. The second kappa shape index (κ2) is 28.2. The molecule has 5 aliphatic rings. The van der Waals surface area contributed by atoms with Crippen LogP contribution in [0.5, 0.6) is 0 Å². The number of alkyl halides is 3.